The number of hydrogen-bond acceptors (Lipinski definition) is 6. The van der Waals surface area contributed by atoms with Crippen molar-refractivity contribution in [3.8, 4) is 6.01 Å². The summed E-state index contributed by atoms with van der Waals surface area (Å²) in [6.45, 7) is 7.88. The lowest BCUT2D eigenvalue weighted by atomic mass is 9.59. The van der Waals surface area contributed by atoms with Gasteiger partial charge < -0.3 is 20.1 Å². The fourth-order valence-electron chi connectivity index (χ4n) is 8.55. The highest BCUT2D eigenvalue weighted by Crippen LogP contribution is 2.71. The van der Waals surface area contributed by atoms with Gasteiger partial charge in [-0.25, -0.2) is 4.98 Å². The Labute approximate surface area is 206 Å². The van der Waals surface area contributed by atoms with Crippen molar-refractivity contribution in [3.63, 3.8) is 0 Å². The van der Waals surface area contributed by atoms with Crippen molar-refractivity contribution in [2.45, 2.75) is 83.6 Å². The fraction of sp³-hybridized carbons (Fsp3) is 0.714. The van der Waals surface area contributed by atoms with Gasteiger partial charge in [0.1, 0.15) is 6.10 Å². The van der Waals surface area contributed by atoms with Crippen LogP contribution < -0.4 is 4.74 Å². The van der Waals surface area contributed by atoms with Crippen LogP contribution in [0.3, 0.4) is 0 Å². The molecule has 5 aliphatic carbocycles. The molecule has 0 aromatic carbocycles. The van der Waals surface area contributed by atoms with Crippen LogP contribution >= 0.6 is 0 Å². The van der Waals surface area contributed by atoms with Crippen LogP contribution in [0.25, 0.3) is 0 Å². The van der Waals surface area contributed by atoms with Crippen LogP contribution in [-0.2, 0) is 4.79 Å². The molecule has 190 valence electrons. The molecule has 0 radical (unpaired) electrons. The molecule has 2 bridgehead atoms. The summed E-state index contributed by atoms with van der Waals surface area (Å²) in [5, 5.41) is 34.6. The molecule has 3 fully saturated rings. The number of ether oxygens (including phenoxy) is 1. The van der Waals surface area contributed by atoms with Crippen LogP contribution in [0, 0.1) is 34.5 Å². The number of rotatable bonds is 4. The Kier molecular flexibility index (Phi) is 5.04. The normalized spacial score (nSPS) is 44.1. The smallest absolute Gasteiger partial charge is 0.297 e. The van der Waals surface area contributed by atoms with Crippen LogP contribution in [0.4, 0.5) is 0 Å². The number of ketones is 1. The third kappa shape index (κ3) is 2.83. The van der Waals surface area contributed by atoms with Crippen molar-refractivity contribution in [3.05, 3.63) is 35.7 Å². The molecular weight excluding hydrogens is 444 g/mol. The van der Waals surface area contributed by atoms with E-state index < -0.39 is 35.7 Å². The zero-order valence-corrected chi connectivity index (χ0v) is 21.1. The fourth-order valence-corrected chi connectivity index (χ4v) is 8.55. The maximum atomic E-state index is 14.4. The van der Waals surface area contributed by atoms with Gasteiger partial charge in [-0.05, 0) is 60.5 Å². The molecule has 0 saturated heterocycles. The Morgan fingerprint density at radius 3 is 2.66 bits per heavy atom. The lowest BCUT2D eigenvalue weighted by Crippen LogP contribution is -2.66. The van der Waals surface area contributed by atoms with E-state index >= 15 is 0 Å². The van der Waals surface area contributed by atoms with E-state index in [9.17, 15) is 20.1 Å². The standard InChI is InChI=1S/C28H38N2O5/c1-15-13-27-16(2)11-20-21(26(20,3)4)19(23(27)33)12-17(14-31)22(32)28(27,34)24(15)35-25-29-9-10-30(25)18-7-5-6-8-18/h9-10,12-13,16,18-22,24,31-32,34H,5-8,11,14H2,1-4H3/t16-,19+,20-,21+,22?,24?,27+,28+/m1/s1. The van der Waals surface area contributed by atoms with Crippen molar-refractivity contribution in [2.24, 2.45) is 34.5 Å². The minimum absolute atomic E-state index is 0.0139. The van der Waals surface area contributed by atoms with Crippen LogP contribution in [0.15, 0.2) is 35.7 Å². The van der Waals surface area contributed by atoms with Gasteiger partial charge in [-0.2, -0.15) is 0 Å². The first-order valence-electron chi connectivity index (χ1n) is 13.2. The van der Waals surface area contributed by atoms with Gasteiger partial charge in [-0.15, -0.1) is 0 Å². The molecule has 5 aliphatic rings. The van der Waals surface area contributed by atoms with Gasteiger partial charge in [0, 0.05) is 24.4 Å². The van der Waals surface area contributed by atoms with Crippen LogP contribution in [-0.4, -0.2) is 55.1 Å². The maximum Gasteiger partial charge on any atom is 0.297 e. The molecule has 8 atom stereocenters. The number of aliphatic hydroxyl groups excluding tert-OH is 2. The van der Waals surface area contributed by atoms with E-state index in [2.05, 4.69) is 18.8 Å². The van der Waals surface area contributed by atoms with E-state index in [4.69, 9.17) is 4.74 Å². The average Bonchev–Trinajstić information content (AvgIpc) is 3.31. The molecule has 3 saturated carbocycles. The number of allylic oxidation sites excluding steroid dienone is 1. The first-order chi connectivity index (χ1) is 16.6. The predicted molar refractivity (Wildman–Crippen MR) is 130 cm³/mol. The van der Waals surface area contributed by atoms with Crippen LogP contribution in [0.5, 0.6) is 6.01 Å². The zero-order valence-electron chi connectivity index (χ0n) is 21.1. The van der Waals surface area contributed by atoms with Crippen LogP contribution in [0.2, 0.25) is 0 Å². The lowest BCUT2D eigenvalue weighted by molar-refractivity contribution is -0.187. The SMILES string of the molecule is CC1=C[C@]23C(=O)[C@@H](C=C(CO)C(O)[C@]2(O)C1Oc1nccn1C1CCCC1)[C@H]1[C@@H](C[C@H]3C)C1(C)C. The van der Waals surface area contributed by atoms with Crippen molar-refractivity contribution in [1.29, 1.82) is 0 Å². The number of aromatic nitrogens is 2. The van der Waals surface area contributed by atoms with Crippen molar-refractivity contribution >= 4 is 5.78 Å². The molecule has 2 unspecified atom stereocenters. The molecule has 0 amide bonds. The number of aliphatic hydroxyl groups is 3. The maximum absolute atomic E-state index is 14.4. The average molecular weight is 483 g/mol. The highest BCUT2D eigenvalue weighted by atomic mass is 16.5. The second kappa shape index (κ2) is 7.53. The Balaban J connectivity index is 1.47. The first kappa shape index (κ1) is 23.4. The van der Waals surface area contributed by atoms with Gasteiger partial charge >= 0.3 is 0 Å². The largest absolute Gasteiger partial charge is 0.454 e. The summed E-state index contributed by atoms with van der Waals surface area (Å²) in [6.07, 6.45) is 10.1. The number of carbonyl (C=O) groups excluding carboxylic acids is 1. The molecular formula is C28H38N2O5. The van der Waals surface area contributed by atoms with E-state index in [1.165, 1.54) is 0 Å². The first-order valence-corrected chi connectivity index (χ1v) is 13.2. The van der Waals surface area contributed by atoms with Crippen molar-refractivity contribution < 1.29 is 24.9 Å². The summed E-state index contributed by atoms with van der Waals surface area (Å²) in [5.41, 5.74) is -2.20. The Morgan fingerprint density at radius 2 is 1.97 bits per heavy atom. The van der Waals surface area contributed by atoms with Gasteiger partial charge in [0.25, 0.3) is 6.01 Å². The van der Waals surface area contributed by atoms with Crippen molar-refractivity contribution in [1.82, 2.24) is 9.55 Å². The van der Waals surface area contributed by atoms with E-state index in [1.54, 1.807) is 12.3 Å². The van der Waals surface area contributed by atoms with Gasteiger partial charge in [0.05, 0.1) is 12.0 Å². The number of fused-ring (bicyclic) bond motifs is 3. The zero-order chi connectivity index (χ0) is 24.9. The third-order valence-electron chi connectivity index (χ3n) is 10.5. The minimum atomic E-state index is -1.94. The van der Waals surface area contributed by atoms with E-state index in [-0.39, 0.29) is 23.0 Å². The predicted octanol–water partition coefficient (Wildman–Crippen LogP) is 3.21. The summed E-state index contributed by atoms with van der Waals surface area (Å²) in [4.78, 5) is 18.9. The van der Waals surface area contributed by atoms with E-state index in [0.29, 0.717) is 23.5 Å². The second-order valence-electron chi connectivity index (χ2n) is 12.4. The summed E-state index contributed by atoms with van der Waals surface area (Å²) in [7, 11) is 0. The Morgan fingerprint density at radius 1 is 1.26 bits per heavy atom. The molecule has 3 N–H and O–H groups in total. The molecule has 35 heavy (non-hydrogen) atoms. The molecule has 1 spiro atoms. The topological polar surface area (TPSA) is 105 Å². The quantitative estimate of drug-likeness (QED) is 0.569. The minimum Gasteiger partial charge on any atom is -0.454 e. The molecule has 0 aliphatic heterocycles. The summed E-state index contributed by atoms with van der Waals surface area (Å²) in [5.74, 6) is -0.204. The number of nitrogens with zero attached hydrogens (tertiary/aromatic N) is 2. The highest BCUT2D eigenvalue weighted by molar-refractivity contribution is 5.95. The number of carbonyl (C=O) groups is 1. The third-order valence-corrected chi connectivity index (χ3v) is 10.5. The Bertz CT molecular complexity index is 1110. The van der Waals surface area contributed by atoms with Gasteiger partial charge in [-0.3, -0.25) is 9.36 Å². The lowest BCUT2D eigenvalue weighted by Gasteiger charge is -2.48. The molecule has 1 aromatic heterocycles. The molecule has 7 nitrogen and oxygen atoms in total. The highest BCUT2D eigenvalue weighted by Gasteiger charge is 2.76. The molecule has 1 aromatic rings. The van der Waals surface area contributed by atoms with Gasteiger partial charge in [0.15, 0.2) is 17.5 Å². The molecule has 6 rings (SSSR count). The number of imidazole rings is 1. The molecule has 7 heteroatoms. The Hall–Kier alpha value is -1.96. The van der Waals surface area contributed by atoms with Gasteiger partial charge in [-0.1, -0.05) is 45.8 Å². The summed E-state index contributed by atoms with van der Waals surface area (Å²) < 4.78 is 8.50. The molecule has 1 heterocycles. The number of hydrogen-bond donors (Lipinski definition) is 3. The summed E-state index contributed by atoms with van der Waals surface area (Å²) in [6, 6.07) is 0.700. The van der Waals surface area contributed by atoms with Crippen molar-refractivity contribution in [2.75, 3.05) is 6.61 Å². The van der Waals surface area contributed by atoms with E-state index in [0.717, 1.165) is 37.7 Å². The van der Waals surface area contributed by atoms with Gasteiger partial charge in [0.2, 0.25) is 0 Å². The van der Waals surface area contributed by atoms with Crippen LogP contribution in [0.1, 0.15) is 65.8 Å². The van der Waals surface area contributed by atoms with E-state index in [1.807, 2.05) is 30.7 Å². The second-order valence-corrected chi connectivity index (χ2v) is 12.4. The monoisotopic (exact) mass is 482 g/mol. The summed E-state index contributed by atoms with van der Waals surface area (Å²) >= 11 is 0. The number of Topliss-reactive ketones (excluding diaryl/α,β-unsaturated/α-hetero) is 1.